The van der Waals surface area contributed by atoms with Gasteiger partial charge < -0.3 is 14.3 Å². The second-order valence-electron chi connectivity index (χ2n) is 3.90. The first-order chi connectivity index (χ1) is 9.88. The Morgan fingerprint density at radius 1 is 0.900 bits per heavy atom. The molecule has 4 nitrogen and oxygen atoms in total. The maximum Gasteiger partial charge on any atom is 0.127 e. The molecule has 2 rings (SSSR count). The predicted octanol–water partition coefficient (Wildman–Crippen LogP) is 3.88. The Morgan fingerprint density at radius 3 is 2.25 bits per heavy atom. The molecule has 2 aromatic carbocycles. The van der Waals surface area contributed by atoms with E-state index in [1.54, 1.807) is 6.21 Å². The number of benzene rings is 2. The first-order valence-electron chi connectivity index (χ1n) is 6.48. The molecule has 0 bridgehead atoms. The van der Waals surface area contributed by atoms with E-state index >= 15 is 0 Å². The molecular formula is C16H17NO3. The molecule has 0 saturated heterocycles. The first kappa shape index (κ1) is 13.9. The molecule has 0 N–H and O–H groups in total. The van der Waals surface area contributed by atoms with E-state index in [-0.39, 0.29) is 0 Å². The van der Waals surface area contributed by atoms with Crippen LogP contribution in [0.5, 0.6) is 17.2 Å². The summed E-state index contributed by atoms with van der Waals surface area (Å²) in [6, 6.07) is 17.1. The Labute approximate surface area is 118 Å². The molecule has 0 aliphatic carbocycles. The number of rotatable bonds is 7. The van der Waals surface area contributed by atoms with Crippen LogP contribution in [0, 0.1) is 0 Å². The molecule has 104 valence electrons. The zero-order chi connectivity index (χ0) is 14.0. The van der Waals surface area contributed by atoms with Crippen molar-refractivity contribution in [2.45, 2.75) is 6.92 Å². The SMILES string of the molecule is CCO/N=C/COc1ccc(Oc2ccccc2)cc1. The highest BCUT2D eigenvalue weighted by Gasteiger charge is 1.97. The van der Waals surface area contributed by atoms with Gasteiger partial charge in [0.15, 0.2) is 0 Å². The minimum absolute atomic E-state index is 0.374. The number of nitrogens with zero attached hydrogens (tertiary/aromatic N) is 1. The third-order valence-corrected chi connectivity index (χ3v) is 2.41. The normalized spacial score (nSPS) is 10.4. The van der Waals surface area contributed by atoms with Gasteiger partial charge in [0.1, 0.15) is 30.5 Å². The average Bonchev–Trinajstić information content (AvgIpc) is 2.50. The van der Waals surface area contributed by atoms with Crippen molar-refractivity contribution in [3.8, 4) is 17.2 Å². The lowest BCUT2D eigenvalue weighted by Crippen LogP contribution is -1.98. The van der Waals surface area contributed by atoms with Crippen molar-refractivity contribution in [2.24, 2.45) is 5.16 Å². The molecule has 0 amide bonds. The van der Waals surface area contributed by atoms with E-state index in [0.717, 1.165) is 17.2 Å². The van der Waals surface area contributed by atoms with Crippen LogP contribution in [0.1, 0.15) is 6.92 Å². The Morgan fingerprint density at radius 2 is 1.55 bits per heavy atom. The molecule has 0 spiro atoms. The van der Waals surface area contributed by atoms with E-state index in [4.69, 9.17) is 14.3 Å². The lowest BCUT2D eigenvalue weighted by Gasteiger charge is -2.07. The quantitative estimate of drug-likeness (QED) is 0.566. The second kappa shape index (κ2) is 7.84. The summed E-state index contributed by atoms with van der Waals surface area (Å²) in [5, 5.41) is 3.70. The summed E-state index contributed by atoms with van der Waals surface area (Å²) in [6.45, 7) is 2.81. The van der Waals surface area contributed by atoms with Crippen LogP contribution >= 0.6 is 0 Å². The van der Waals surface area contributed by atoms with Crippen LogP contribution in [0.3, 0.4) is 0 Å². The lowest BCUT2D eigenvalue weighted by atomic mass is 10.3. The second-order valence-corrected chi connectivity index (χ2v) is 3.90. The minimum Gasteiger partial charge on any atom is -0.488 e. The highest BCUT2D eigenvalue weighted by atomic mass is 16.6. The molecule has 0 unspecified atom stereocenters. The Balaban J connectivity index is 1.84. The van der Waals surface area contributed by atoms with Crippen LogP contribution in [-0.2, 0) is 4.84 Å². The zero-order valence-corrected chi connectivity index (χ0v) is 11.4. The van der Waals surface area contributed by atoms with Gasteiger partial charge in [-0.2, -0.15) is 0 Å². The smallest absolute Gasteiger partial charge is 0.127 e. The van der Waals surface area contributed by atoms with E-state index in [2.05, 4.69) is 5.16 Å². The van der Waals surface area contributed by atoms with Crippen LogP contribution in [0.25, 0.3) is 0 Å². The van der Waals surface area contributed by atoms with E-state index < -0.39 is 0 Å². The summed E-state index contributed by atoms with van der Waals surface area (Å²) < 4.78 is 11.2. The maximum absolute atomic E-state index is 5.69. The largest absolute Gasteiger partial charge is 0.488 e. The van der Waals surface area contributed by atoms with Gasteiger partial charge in [0.05, 0.1) is 6.21 Å². The molecule has 0 fully saturated rings. The molecule has 2 aromatic rings. The zero-order valence-electron chi connectivity index (χ0n) is 11.4. The number of hydrogen-bond donors (Lipinski definition) is 0. The molecule has 0 saturated carbocycles. The predicted molar refractivity (Wildman–Crippen MR) is 78.6 cm³/mol. The van der Waals surface area contributed by atoms with Crippen molar-refractivity contribution in [1.82, 2.24) is 0 Å². The summed E-state index contributed by atoms with van der Waals surface area (Å²) in [6.07, 6.45) is 1.58. The summed E-state index contributed by atoms with van der Waals surface area (Å²) in [5.41, 5.74) is 0. The van der Waals surface area contributed by atoms with Crippen molar-refractivity contribution in [3.05, 3.63) is 54.6 Å². The summed E-state index contributed by atoms with van der Waals surface area (Å²) in [4.78, 5) is 4.83. The van der Waals surface area contributed by atoms with Gasteiger partial charge in [0, 0.05) is 0 Å². The van der Waals surface area contributed by atoms with Crippen LogP contribution in [0.15, 0.2) is 59.8 Å². The molecule has 0 radical (unpaired) electrons. The van der Waals surface area contributed by atoms with Gasteiger partial charge in [-0.3, -0.25) is 0 Å². The van der Waals surface area contributed by atoms with Gasteiger partial charge in [0.2, 0.25) is 0 Å². The van der Waals surface area contributed by atoms with Crippen molar-refractivity contribution >= 4 is 6.21 Å². The van der Waals surface area contributed by atoms with Gasteiger partial charge in [0.25, 0.3) is 0 Å². The number of para-hydroxylation sites is 1. The van der Waals surface area contributed by atoms with Crippen LogP contribution in [-0.4, -0.2) is 19.4 Å². The van der Waals surface area contributed by atoms with Gasteiger partial charge in [-0.15, -0.1) is 0 Å². The highest BCUT2D eigenvalue weighted by Crippen LogP contribution is 2.23. The number of ether oxygens (including phenoxy) is 2. The Bertz CT molecular complexity index is 523. The summed E-state index contributed by atoms with van der Waals surface area (Å²) in [5.74, 6) is 2.34. The molecule has 4 heteroatoms. The fraction of sp³-hybridized carbons (Fsp3) is 0.188. The van der Waals surface area contributed by atoms with E-state index in [0.29, 0.717) is 13.2 Å². The van der Waals surface area contributed by atoms with E-state index in [1.807, 2.05) is 61.5 Å². The van der Waals surface area contributed by atoms with Gasteiger partial charge in [-0.25, -0.2) is 0 Å². The monoisotopic (exact) mass is 271 g/mol. The van der Waals surface area contributed by atoms with Crippen molar-refractivity contribution < 1.29 is 14.3 Å². The van der Waals surface area contributed by atoms with Crippen LogP contribution < -0.4 is 9.47 Å². The molecule has 0 aromatic heterocycles. The van der Waals surface area contributed by atoms with Crippen molar-refractivity contribution in [3.63, 3.8) is 0 Å². The topological polar surface area (TPSA) is 40.0 Å². The van der Waals surface area contributed by atoms with Crippen molar-refractivity contribution in [1.29, 1.82) is 0 Å². The Hall–Kier alpha value is -2.49. The summed E-state index contributed by atoms with van der Waals surface area (Å²) >= 11 is 0. The highest BCUT2D eigenvalue weighted by molar-refractivity contribution is 5.58. The van der Waals surface area contributed by atoms with Crippen molar-refractivity contribution in [2.75, 3.05) is 13.2 Å². The third kappa shape index (κ3) is 4.65. The van der Waals surface area contributed by atoms with E-state index in [1.165, 1.54) is 0 Å². The standard InChI is InChI=1S/C16H17NO3/c1-2-19-17-12-13-18-14-8-10-16(11-9-14)20-15-6-4-3-5-7-15/h3-12H,2,13H2,1H3/b17-12+. The molecule has 0 aliphatic rings. The molecule has 0 aliphatic heterocycles. The average molecular weight is 271 g/mol. The Kier molecular flexibility index (Phi) is 5.46. The molecule has 20 heavy (non-hydrogen) atoms. The van der Waals surface area contributed by atoms with Gasteiger partial charge in [-0.05, 0) is 43.3 Å². The minimum atomic E-state index is 0.374. The van der Waals surface area contributed by atoms with Crippen LogP contribution in [0.2, 0.25) is 0 Å². The fourth-order valence-electron chi connectivity index (χ4n) is 1.52. The third-order valence-electron chi connectivity index (χ3n) is 2.41. The molecule has 0 heterocycles. The van der Waals surface area contributed by atoms with Gasteiger partial charge in [-0.1, -0.05) is 23.4 Å². The maximum atomic E-state index is 5.69. The fourth-order valence-corrected chi connectivity index (χ4v) is 1.52. The summed E-state index contributed by atoms with van der Waals surface area (Å²) in [7, 11) is 0. The first-order valence-corrected chi connectivity index (χ1v) is 6.48. The number of oxime groups is 1. The molecular weight excluding hydrogens is 254 g/mol. The van der Waals surface area contributed by atoms with Gasteiger partial charge >= 0.3 is 0 Å². The van der Waals surface area contributed by atoms with E-state index in [9.17, 15) is 0 Å². The number of hydrogen-bond acceptors (Lipinski definition) is 4. The molecule has 0 atom stereocenters. The van der Waals surface area contributed by atoms with Crippen LogP contribution in [0.4, 0.5) is 0 Å². The lowest BCUT2D eigenvalue weighted by molar-refractivity contribution is 0.158.